The minimum atomic E-state index is 0.431. The summed E-state index contributed by atoms with van der Waals surface area (Å²) in [6, 6.07) is 2.58. The zero-order valence-electron chi connectivity index (χ0n) is 10.9. The second-order valence-electron chi connectivity index (χ2n) is 4.89. The number of rotatable bonds is 5. The quantitative estimate of drug-likeness (QED) is 0.854. The molecule has 17 heavy (non-hydrogen) atoms. The Morgan fingerprint density at radius 3 is 2.76 bits per heavy atom. The van der Waals surface area contributed by atoms with E-state index in [9.17, 15) is 0 Å². The van der Waals surface area contributed by atoms with Crippen molar-refractivity contribution in [2.24, 2.45) is 5.92 Å². The first-order valence-corrected chi connectivity index (χ1v) is 6.65. The molecule has 1 atom stereocenters. The lowest BCUT2D eigenvalue weighted by atomic mass is 9.90. The van der Waals surface area contributed by atoms with E-state index in [1.54, 1.807) is 0 Å². The van der Waals surface area contributed by atoms with Crippen molar-refractivity contribution in [1.82, 2.24) is 5.32 Å². The molecule has 0 amide bonds. The SMILES string of the molecule is CCNC(CC1CCOCC1)c1coc(C)c1. The van der Waals surface area contributed by atoms with Crippen LogP contribution in [0.4, 0.5) is 0 Å². The maximum atomic E-state index is 5.42. The first-order valence-electron chi connectivity index (χ1n) is 6.65. The number of hydrogen-bond acceptors (Lipinski definition) is 3. The van der Waals surface area contributed by atoms with Gasteiger partial charge in [-0.15, -0.1) is 0 Å². The summed E-state index contributed by atoms with van der Waals surface area (Å²) in [5.74, 6) is 1.78. The lowest BCUT2D eigenvalue weighted by Crippen LogP contribution is -2.26. The predicted molar refractivity (Wildman–Crippen MR) is 68.0 cm³/mol. The topological polar surface area (TPSA) is 34.4 Å². The normalized spacial score (nSPS) is 19.4. The summed E-state index contributed by atoms with van der Waals surface area (Å²) in [5.41, 5.74) is 1.29. The average molecular weight is 237 g/mol. The van der Waals surface area contributed by atoms with Crippen LogP contribution in [0, 0.1) is 12.8 Å². The molecule has 1 aromatic rings. The molecule has 1 N–H and O–H groups in total. The molecule has 96 valence electrons. The molecule has 1 unspecified atom stereocenters. The van der Waals surface area contributed by atoms with Crippen molar-refractivity contribution in [2.75, 3.05) is 19.8 Å². The molecule has 1 fully saturated rings. The Morgan fingerprint density at radius 1 is 1.41 bits per heavy atom. The summed E-state index contributed by atoms with van der Waals surface area (Å²) < 4.78 is 10.8. The van der Waals surface area contributed by atoms with Crippen LogP contribution in [-0.4, -0.2) is 19.8 Å². The summed E-state index contributed by atoms with van der Waals surface area (Å²) >= 11 is 0. The van der Waals surface area contributed by atoms with E-state index in [-0.39, 0.29) is 0 Å². The molecular weight excluding hydrogens is 214 g/mol. The van der Waals surface area contributed by atoms with Gasteiger partial charge in [0, 0.05) is 24.8 Å². The molecule has 1 saturated heterocycles. The first kappa shape index (κ1) is 12.7. The maximum absolute atomic E-state index is 5.42. The van der Waals surface area contributed by atoms with Gasteiger partial charge in [0.1, 0.15) is 5.76 Å². The highest BCUT2D eigenvalue weighted by molar-refractivity contribution is 5.16. The Labute approximate surface area is 104 Å². The molecule has 2 rings (SSSR count). The van der Waals surface area contributed by atoms with Crippen molar-refractivity contribution in [3.8, 4) is 0 Å². The van der Waals surface area contributed by atoms with Crippen molar-refractivity contribution in [3.05, 3.63) is 23.7 Å². The Balaban J connectivity index is 1.96. The van der Waals surface area contributed by atoms with E-state index in [0.29, 0.717) is 6.04 Å². The van der Waals surface area contributed by atoms with Crippen LogP contribution in [0.25, 0.3) is 0 Å². The highest BCUT2D eigenvalue weighted by atomic mass is 16.5. The lowest BCUT2D eigenvalue weighted by molar-refractivity contribution is 0.0605. The van der Waals surface area contributed by atoms with E-state index >= 15 is 0 Å². The smallest absolute Gasteiger partial charge is 0.101 e. The fourth-order valence-electron chi connectivity index (χ4n) is 2.55. The van der Waals surface area contributed by atoms with Crippen molar-refractivity contribution in [3.63, 3.8) is 0 Å². The van der Waals surface area contributed by atoms with Gasteiger partial charge in [-0.05, 0) is 44.7 Å². The van der Waals surface area contributed by atoms with E-state index < -0.39 is 0 Å². The maximum Gasteiger partial charge on any atom is 0.101 e. The fourth-order valence-corrected chi connectivity index (χ4v) is 2.55. The molecule has 0 aromatic carbocycles. The molecule has 1 aliphatic heterocycles. The number of aryl methyl sites for hydroxylation is 1. The highest BCUT2D eigenvalue weighted by Gasteiger charge is 2.20. The number of hydrogen-bond donors (Lipinski definition) is 1. The molecule has 2 heterocycles. The van der Waals surface area contributed by atoms with Crippen LogP contribution < -0.4 is 5.32 Å². The fraction of sp³-hybridized carbons (Fsp3) is 0.714. The molecule has 3 heteroatoms. The zero-order chi connectivity index (χ0) is 12.1. The van der Waals surface area contributed by atoms with Gasteiger partial charge in [-0.25, -0.2) is 0 Å². The molecule has 1 aliphatic rings. The summed E-state index contributed by atoms with van der Waals surface area (Å²) in [4.78, 5) is 0. The number of nitrogens with one attached hydrogen (secondary N) is 1. The largest absolute Gasteiger partial charge is 0.469 e. The van der Waals surface area contributed by atoms with Crippen LogP contribution in [0.2, 0.25) is 0 Å². The molecule has 0 bridgehead atoms. The summed E-state index contributed by atoms with van der Waals surface area (Å²) in [5, 5.41) is 3.56. The third-order valence-electron chi connectivity index (χ3n) is 3.51. The Kier molecular flexibility index (Phi) is 4.63. The van der Waals surface area contributed by atoms with Crippen LogP contribution in [0.5, 0.6) is 0 Å². The molecule has 0 aliphatic carbocycles. The van der Waals surface area contributed by atoms with E-state index in [2.05, 4.69) is 18.3 Å². The number of ether oxygens (including phenoxy) is 1. The summed E-state index contributed by atoms with van der Waals surface area (Å²) in [6.45, 7) is 7.00. The standard InChI is InChI=1S/C14H23NO2/c1-3-15-14(13-8-11(2)17-10-13)9-12-4-6-16-7-5-12/h8,10,12,14-15H,3-7,9H2,1-2H3. The molecule has 3 nitrogen and oxygen atoms in total. The molecule has 1 aromatic heterocycles. The van der Waals surface area contributed by atoms with Gasteiger partial charge in [0.05, 0.1) is 6.26 Å². The van der Waals surface area contributed by atoms with Gasteiger partial charge >= 0.3 is 0 Å². The molecular formula is C14H23NO2. The second kappa shape index (κ2) is 6.22. The Morgan fingerprint density at radius 2 is 2.18 bits per heavy atom. The van der Waals surface area contributed by atoms with Crippen LogP contribution in [0.1, 0.15) is 43.6 Å². The minimum absolute atomic E-state index is 0.431. The molecule has 0 radical (unpaired) electrons. The Bertz CT molecular complexity index is 329. The van der Waals surface area contributed by atoms with Gasteiger partial charge in [-0.1, -0.05) is 6.92 Å². The van der Waals surface area contributed by atoms with Gasteiger partial charge in [0.25, 0.3) is 0 Å². The monoisotopic (exact) mass is 237 g/mol. The van der Waals surface area contributed by atoms with E-state index in [0.717, 1.165) is 31.4 Å². The van der Waals surface area contributed by atoms with E-state index in [4.69, 9.17) is 9.15 Å². The predicted octanol–water partition coefficient (Wildman–Crippen LogP) is 3.06. The van der Waals surface area contributed by atoms with Crippen molar-refractivity contribution in [1.29, 1.82) is 0 Å². The zero-order valence-corrected chi connectivity index (χ0v) is 10.9. The van der Waals surface area contributed by atoms with E-state index in [1.165, 1.54) is 24.8 Å². The third kappa shape index (κ3) is 3.58. The highest BCUT2D eigenvalue weighted by Crippen LogP contribution is 2.28. The van der Waals surface area contributed by atoms with Gasteiger partial charge in [-0.3, -0.25) is 0 Å². The summed E-state index contributed by atoms with van der Waals surface area (Å²) in [6.07, 6.45) is 5.47. The van der Waals surface area contributed by atoms with Crippen LogP contribution in [-0.2, 0) is 4.74 Å². The summed E-state index contributed by atoms with van der Waals surface area (Å²) in [7, 11) is 0. The minimum Gasteiger partial charge on any atom is -0.469 e. The second-order valence-corrected chi connectivity index (χ2v) is 4.89. The van der Waals surface area contributed by atoms with Crippen LogP contribution in [0.15, 0.2) is 16.7 Å². The number of furan rings is 1. The van der Waals surface area contributed by atoms with Gasteiger partial charge in [-0.2, -0.15) is 0 Å². The van der Waals surface area contributed by atoms with Crippen molar-refractivity contribution < 1.29 is 9.15 Å². The van der Waals surface area contributed by atoms with Crippen LogP contribution in [0.3, 0.4) is 0 Å². The van der Waals surface area contributed by atoms with Gasteiger partial charge < -0.3 is 14.5 Å². The van der Waals surface area contributed by atoms with Crippen LogP contribution >= 0.6 is 0 Å². The van der Waals surface area contributed by atoms with Gasteiger partial charge in [0.2, 0.25) is 0 Å². The Hall–Kier alpha value is -0.800. The lowest BCUT2D eigenvalue weighted by Gasteiger charge is -2.26. The van der Waals surface area contributed by atoms with Crippen molar-refractivity contribution >= 4 is 0 Å². The first-order chi connectivity index (χ1) is 8.29. The average Bonchev–Trinajstić information content (AvgIpc) is 2.77. The molecule has 0 saturated carbocycles. The van der Waals surface area contributed by atoms with E-state index in [1.807, 2.05) is 13.2 Å². The van der Waals surface area contributed by atoms with Crippen molar-refractivity contribution in [2.45, 2.75) is 39.2 Å². The third-order valence-corrected chi connectivity index (χ3v) is 3.51. The van der Waals surface area contributed by atoms with Gasteiger partial charge in [0.15, 0.2) is 0 Å². The molecule has 0 spiro atoms.